The lowest BCUT2D eigenvalue weighted by molar-refractivity contribution is -0.135. The molecule has 114 valence electrons. The van der Waals surface area contributed by atoms with E-state index in [9.17, 15) is 19.2 Å². The van der Waals surface area contributed by atoms with E-state index in [4.69, 9.17) is 16.0 Å². The van der Waals surface area contributed by atoms with E-state index in [0.29, 0.717) is 16.7 Å². The smallest absolute Gasteiger partial charge is 0.408 e. The average molecular weight is 323 g/mol. The molecule has 1 saturated heterocycles. The maximum absolute atomic E-state index is 12.0. The van der Waals surface area contributed by atoms with E-state index in [2.05, 4.69) is 5.32 Å². The summed E-state index contributed by atoms with van der Waals surface area (Å²) < 4.78 is 6.32. The Labute approximate surface area is 128 Å². The Morgan fingerprint density at radius 3 is 2.82 bits per heavy atom. The van der Waals surface area contributed by atoms with Gasteiger partial charge in [-0.05, 0) is 35.7 Å². The summed E-state index contributed by atoms with van der Waals surface area (Å²) in [6, 6.07) is 3.95. The summed E-state index contributed by atoms with van der Waals surface area (Å²) in [6.45, 7) is 0. The molecule has 3 rings (SSSR count). The Bertz CT molecular complexity index is 851. The Balaban J connectivity index is 2.10. The van der Waals surface area contributed by atoms with Crippen LogP contribution in [-0.2, 0) is 20.8 Å². The number of nitrogens with zero attached hydrogens (tertiary/aromatic N) is 1. The molecule has 22 heavy (non-hydrogen) atoms. The second kappa shape index (κ2) is 5.42. The first-order valence-corrected chi connectivity index (χ1v) is 6.99. The highest BCUT2D eigenvalue weighted by atomic mass is 35.5. The van der Waals surface area contributed by atoms with Crippen LogP contribution in [0.15, 0.2) is 27.4 Å². The number of aromatic nitrogens is 1. The molecule has 0 spiro atoms. The number of piperidine rings is 1. The number of rotatable bonds is 3. The zero-order chi connectivity index (χ0) is 15.9. The highest BCUT2D eigenvalue weighted by Crippen LogP contribution is 2.24. The summed E-state index contributed by atoms with van der Waals surface area (Å²) in [5.41, 5.74) is 1.31. The molecule has 1 unspecified atom stereocenters. The van der Waals surface area contributed by atoms with Crippen LogP contribution in [0.25, 0.3) is 11.1 Å². The predicted octanol–water partition coefficient (Wildman–Crippen LogP) is 0.880. The van der Waals surface area contributed by atoms with E-state index in [1.807, 2.05) is 0 Å². The topological polar surface area (TPSA) is 98.4 Å². The quantitative estimate of drug-likeness (QED) is 0.668. The zero-order valence-corrected chi connectivity index (χ0v) is 12.1. The van der Waals surface area contributed by atoms with Crippen molar-refractivity contribution in [1.82, 2.24) is 9.88 Å². The normalized spacial score (nSPS) is 18.5. The maximum Gasteiger partial charge on any atom is 0.420 e. The number of imide groups is 1. The van der Waals surface area contributed by atoms with Crippen molar-refractivity contribution in [3.8, 4) is 0 Å². The summed E-state index contributed by atoms with van der Waals surface area (Å²) in [5, 5.41) is 1.67. The summed E-state index contributed by atoms with van der Waals surface area (Å²) in [4.78, 5) is 46.2. The van der Waals surface area contributed by atoms with Crippen LogP contribution in [-0.4, -0.2) is 21.6 Å². The van der Waals surface area contributed by atoms with Gasteiger partial charge in [-0.2, -0.15) is 0 Å². The minimum Gasteiger partial charge on any atom is -0.408 e. The molecule has 0 aliphatic carbocycles. The number of nitrogens with one attached hydrogen (secondary N) is 1. The molecule has 2 heterocycles. The van der Waals surface area contributed by atoms with Crippen molar-refractivity contribution in [3.05, 3.63) is 34.3 Å². The van der Waals surface area contributed by atoms with Crippen molar-refractivity contribution in [2.24, 2.45) is 0 Å². The number of fused-ring (bicyclic) bond motifs is 1. The number of carbonyl (C=O) groups is 3. The number of carbonyl (C=O) groups excluding carboxylic acids is 3. The van der Waals surface area contributed by atoms with Gasteiger partial charge >= 0.3 is 5.76 Å². The molecule has 2 aromatic rings. The van der Waals surface area contributed by atoms with Crippen molar-refractivity contribution in [1.29, 1.82) is 0 Å². The fraction of sp³-hybridized carbons (Fsp3) is 0.286. The number of hydrogen-bond acceptors (Lipinski definition) is 5. The summed E-state index contributed by atoms with van der Waals surface area (Å²) >= 11 is 5.36. The molecule has 1 aromatic carbocycles. The van der Waals surface area contributed by atoms with Gasteiger partial charge in [-0.15, -0.1) is 0 Å². The summed E-state index contributed by atoms with van der Waals surface area (Å²) in [6.07, 6.45) is 0.374. The molecule has 1 atom stereocenters. The number of hydrogen-bond donors (Lipinski definition) is 1. The first kappa shape index (κ1) is 14.5. The average Bonchev–Trinajstić information content (AvgIpc) is 2.74. The van der Waals surface area contributed by atoms with Gasteiger partial charge in [0.05, 0.1) is 5.52 Å². The molecule has 0 radical (unpaired) electrons. The SMILES string of the molecule is O=C(Cl)Cc1ccc2oc(=O)n(C3CCC(=O)NC3=O)c2c1. The first-order valence-electron chi connectivity index (χ1n) is 6.61. The number of oxazole rings is 1. The fourth-order valence-corrected chi connectivity index (χ4v) is 2.73. The van der Waals surface area contributed by atoms with Gasteiger partial charge in [0, 0.05) is 12.8 Å². The number of benzene rings is 1. The van der Waals surface area contributed by atoms with Crippen molar-refractivity contribution in [3.63, 3.8) is 0 Å². The van der Waals surface area contributed by atoms with Gasteiger partial charge in [0.1, 0.15) is 6.04 Å². The Morgan fingerprint density at radius 1 is 1.36 bits per heavy atom. The molecular formula is C14H11ClN2O5. The molecule has 2 amide bonds. The Morgan fingerprint density at radius 2 is 2.14 bits per heavy atom. The van der Waals surface area contributed by atoms with Gasteiger partial charge in [-0.3, -0.25) is 24.3 Å². The van der Waals surface area contributed by atoms with Crippen LogP contribution in [0.3, 0.4) is 0 Å². The largest absolute Gasteiger partial charge is 0.420 e. The van der Waals surface area contributed by atoms with E-state index >= 15 is 0 Å². The lowest BCUT2D eigenvalue weighted by atomic mass is 10.1. The number of halogens is 1. The van der Waals surface area contributed by atoms with Crippen LogP contribution in [0.2, 0.25) is 0 Å². The molecular weight excluding hydrogens is 312 g/mol. The first-order chi connectivity index (χ1) is 10.5. The standard InChI is InChI=1S/C14H11ClN2O5/c15-11(18)6-7-1-3-10-9(5-7)17(14(21)22-10)8-2-4-12(19)16-13(8)20/h1,3,5,8H,2,4,6H2,(H,16,19,20). The van der Waals surface area contributed by atoms with E-state index < -0.39 is 22.9 Å². The van der Waals surface area contributed by atoms with E-state index in [-0.39, 0.29) is 25.2 Å². The molecule has 1 aliphatic heterocycles. The van der Waals surface area contributed by atoms with Gasteiger partial charge in [0.15, 0.2) is 5.58 Å². The van der Waals surface area contributed by atoms with E-state index in [1.54, 1.807) is 18.2 Å². The fourth-order valence-electron chi connectivity index (χ4n) is 2.57. The van der Waals surface area contributed by atoms with E-state index in [1.165, 1.54) is 4.57 Å². The predicted molar refractivity (Wildman–Crippen MR) is 76.5 cm³/mol. The van der Waals surface area contributed by atoms with Crippen LogP contribution in [0, 0.1) is 0 Å². The van der Waals surface area contributed by atoms with Crippen LogP contribution in [0.5, 0.6) is 0 Å². The molecule has 1 fully saturated rings. The highest BCUT2D eigenvalue weighted by Gasteiger charge is 2.31. The Hall–Kier alpha value is -2.41. The van der Waals surface area contributed by atoms with Crippen LogP contribution in [0.4, 0.5) is 0 Å². The summed E-state index contributed by atoms with van der Waals surface area (Å²) in [7, 11) is 0. The van der Waals surface area contributed by atoms with Crippen molar-refractivity contribution >= 4 is 39.8 Å². The van der Waals surface area contributed by atoms with Crippen molar-refractivity contribution < 1.29 is 18.8 Å². The van der Waals surface area contributed by atoms with Gasteiger partial charge in [0.2, 0.25) is 17.1 Å². The van der Waals surface area contributed by atoms with Gasteiger partial charge < -0.3 is 4.42 Å². The zero-order valence-electron chi connectivity index (χ0n) is 11.3. The molecule has 8 heteroatoms. The van der Waals surface area contributed by atoms with Crippen LogP contribution < -0.4 is 11.1 Å². The third kappa shape index (κ3) is 2.55. The van der Waals surface area contributed by atoms with Gasteiger partial charge in [0.25, 0.3) is 0 Å². The second-order valence-electron chi connectivity index (χ2n) is 5.04. The second-order valence-corrected chi connectivity index (χ2v) is 5.46. The molecule has 1 aliphatic rings. The summed E-state index contributed by atoms with van der Waals surface area (Å²) in [5.74, 6) is -1.59. The van der Waals surface area contributed by atoms with Crippen LogP contribution in [0.1, 0.15) is 24.4 Å². The third-order valence-corrected chi connectivity index (χ3v) is 3.68. The lowest BCUT2D eigenvalue weighted by Crippen LogP contribution is -2.43. The minimum absolute atomic E-state index is 0.00617. The maximum atomic E-state index is 12.0. The molecule has 0 saturated carbocycles. The van der Waals surface area contributed by atoms with E-state index in [0.717, 1.165) is 0 Å². The minimum atomic E-state index is -0.812. The van der Waals surface area contributed by atoms with Crippen molar-refractivity contribution in [2.45, 2.75) is 25.3 Å². The molecule has 7 nitrogen and oxygen atoms in total. The molecule has 0 bridgehead atoms. The number of amides is 2. The lowest BCUT2D eigenvalue weighted by Gasteiger charge is -2.21. The molecule has 1 aromatic heterocycles. The van der Waals surface area contributed by atoms with Crippen molar-refractivity contribution in [2.75, 3.05) is 0 Å². The van der Waals surface area contributed by atoms with Crippen LogP contribution >= 0.6 is 11.6 Å². The Kier molecular flexibility index (Phi) is 3.58. The third-order valence-electron chi connectivity index (χ3n) is 3.54. The monoisotopic (exact) mass is 322 g/mol. The highest BCUT2D eigenvalue weighted by molar-refractivity contribution is 6.63. The van der Waals surface area contributed by atoms with Gasteiger partial charge in [-0.1, -0.05) is 6.07 Å². The molecule has 1 N–H and O–H groups in total. The van der Waals surface area contributed by atoms with Gasteiger partial charge in [-0.25, -0.2) is 4.79 Å².